The Labute approximate surface area is 150 Å². The van der Waals surface area contributed by atoms with E-state index in [4.69, 9.17) is 19.7 Å². The Bertz CT molecular complexity index is 566. The minimum atomic E-state index is -0.898. The molecule has 0 aliphatic rings. The van der Waals surface area contributed by atoms with Crippen LogP contribution in [0.25, 0.3) is 0 Å². The first-order chi connectivity index (χ1) is 12.4. The van der Waals surface area contributed by atoms with Gasteiger partial charge in [-0.1, -0.05) is 0 Å². The SMILES string of the molecule is O=C(O)CCCCC(=O)Oc1ccc(OC(=O)CCCCC(=O)O)cc1. The van der Waals surface area contributed by atoms with Crippen LogP contribution in [0.1, 0.15) is 51.4 Å². The molecule has 0 radical (unpaired) electrons. The maximum absolute atomic E-state index is 11.6. The second kappa shape index (κ2) is 11.6. The molecule has 0 heterocycles. The highest BCUT2D eigenvalue weighted by Gasteiger charge is 2.08. The molecule has 0 aromatic heterocycles. The van der Waals surface area contributed by atoms with Crippen LogP contribution in [0.4, 0.5) is 0 Å². The van der Waals surface area contributed by atoms with Gasteiger partial charge in [-0.05, 0) is 49.9 Å². The summed E-state index contributed by atoms with van der Waals surface area (Å²) in [6.07, 6.45) is 1.97. The molecule has 0 amide bonds. The third-order valence-corrected chi connectivity index (χ3v) is 3.33. The maximum Gasteiger partial charge on any atom is 0.311 e. The van der Waals surface area contributed by atoms with Gasteiger partial charge in [0.25, 0.3) is 0 Å². The largest absolute Gasteiger partial charge is 0.481 e. The first kappa shape index (κ1) is 21.1. The van der Waals surface area contributed by atoms with Crippen molar-refractivity contribution < 1.29 is 38.9 Å². The zero-order valence-corrected chi connectivity index (χ0v) is 14.3. The Kier molecular flexibility index (Phi) is 9.45. The van der Waals surface area contributed by atoms with Crippen LogP contribution in [0.2, 0.25) is 0 Å². The number of carbonyl (C=O) groups is 4. The van der Waals surface area contributed by atoms with E-state index >= 15 is 0 Å². The van der Waals surface area contributed by atoms with Crippen molar-refractivity contribution in [3.8, 4) is 11.5 Å². The molecule has 0 atom stereocenters. The molecular formula is C18H22O8. The number of benzene rings is 1. The molecule has 1 aromatic carbocycles. The molecule has 0 spiro atoms. The normalized spacial score (nSPS) is 10.2. The quantitative estimate of drug-likeness (QED) is 0.328. The molecule has 1 rings (SSSR count). The lowest BCUT2D eigenvalue weighted by molar-refractivity contribution is -0.138. The highest BCUT2D eigenvalue weighted by Crippen LogP contribution is 2.19. The smallest absolute Gasteiger partial charge is 0.311 e. The van der Waals surface area contributed by atoms with Crippen molar-refractivity contribution >= 4 is 23.9 Å². The molecular weight excluding hydrogens is 344 g/mol. The summed E-state index contributed by atoms with van der Waals surface area (Å²) in [4.78, 5) is 44.0. The average Bonchev–Trinajstić information content (AvgIpc) is 2.57. The minimum absolute atomic E-state index is 0.0175. The van der Waals surface area contributed by atoms with Gasteiger partial charge in [0.1, 0.15) is 11.5 Å². The fourth-order valence-electron chi connectivity index (χ4n) is 2.03. The second-order valence-corrected chi connectivity index (χ2v) is 5.62. The van der Waals surface area contributed by atoms with Gasteiger partial charge in [0.05, 0.1) is 0 Å². The molecule has 0 saturated carbocycles. The number of ether oxygens (including phenoxy) is 2. The summed E-state index contributed by atoms with van der Waals surface area (Å²) < 4.78 is 10.2. The van der Waals surface area contributed by atoms with Gasteiger partial charge in [0.2, 0.25) is 0 Å². The van der Waals surface area contributed by atoms with Gasteiger partial charge in [0, 0.05) is 25.7 Å². The summed E-state index contributed by atoms with van der Waals surface area (Å²) in [5, 5.41) is 17.0. The van der Waals surface area contributed by atoms with E-state index in [0.717, 1.165) is 0 Å². The summed E-state index contributed by atoms with van der Waals surface area (Å²) in [6.45, 7) is 0. The zero-order chi connectivity index (χ0) is 19.4. The number of aliphatic carboxylic acids is 2. The van der Waals surface area contributed by atoms with Gasteiger partial charge in [-0.15, -0.1) is 0 Å². The predicted octanol–water partition coefficient (Wildman–Crippen LogP) is 2.79. The van der Waals surface area contributed by atoms with Gasteiger partial charge in [-0.3, -0.25) is 19.2 Å². The van der Waals surface area contributed by atoms with Crippen LogP contribution in [0.3, 0.4) is 0 Å². The maximum atomic E-state index is 11.6. The van der Waals surface area contributed by atoms with Crippen molar-refractivity contribution in [2.75, 3.05) is 0 Å². The summed E-state index contributed by atoms with van der Waals surface area (Å²) in [5.41, 5.74) is 0. The van der Waals surface area contributed by atoms with Gasteiger partial charge < -0.3 is 19.7 Å². The van der Waals surface area contributed by atoms with Crippen molar-refractivity contribution in [1.29, 1.82) is 0 Å². The van der Waals surface area contributed by atoms with Gasteiger partial charge >= 0.3 is 23.9 Å². The molecule has 0 unspecified atom stereocenters. The molecule has 142 valence electrons. The van der Waals surface area contributed by atoms with Gasteiger partial charge in [-0.2, -0.15) is 0 Å². The Morgan fingerprint density at radius 1 is 0.615 bits per heavy atom. The lowest BCUT2D eigenvalue weighted by atomic mass is 10.2. The minimum Gasteiger partial charge on any atom is -0.481 e. The number of hydrogen-bond donors (Lipinski definition) is 2. The Morgan fingerprint density at radius 3 is 1.23 bits per heavy atom. The number of carbonyl (C=O) groups excluding carboxylic acids is 2. The first-order valence-electron chi connectivity index (χ1n) is 8.32. The molecule has 2 N–H and O–H groups in total. The number of rotatable bonds is 12. The van der Waals surface area contributed by atoms with Crippen LogP contribution in [0.15, 0.2) is 24.3 Å². The number of carboxylic acids is 2. The molecule has 0 aliphatic carbocycles. The van der Waals surface area contributed by atoms with Crippen LogP contribution in [0.5, 0.6) is 11.5 Å². The summed E-state index contributed by atoms with van der Waals surface area (Å²) in [5.74, 6) is -2.11. The molecule has 26 heavy (non-hydrogen) atoms. The van der Waals surface area contributed by atoms with Crippen LogP contribution in [0, 0.1) is 0 Å². The Morgan fingerprint density at radius 2 is 0.923 bits per heavy atom. The topological polar surface area (TPSA) is 127 Å². The standard InChI is InChI=1S/C18H22O8/c19-15(20)5-1-3-7-17(23)25-13-9-11-14(12-10-13)26-18(24)8-4-2-6-16(21)22/h9-12H,1-8H2,(H,19,20)(H,21,22). The van der Waals surface area contributed by atoms with E-state index in [9.17, 15) is 19.2 Å². The van der Waals surface area contributed by atoms with E-state index < -0.39 is 23.9 Å². The van der Waals surface area contributed by atoms with Crippen molar-refractivity contribution in [1.82, 2.24) is 0 Å². The van der Waals surface area contributed by atoms with Crippen LogP contribution >= 0.6 is 0 Å². The van der Waals surface area contributed by atoms with Gasteiger partial charge in [-0.25, -0.2) is 0 Å². The number of hydrogen-bond acceptors (Lipinski definition) is 6. The van der Waals surface area contributed by atoms with E-state index in [1.807, 2.05) is 0 Å². The van der Waals surface area contributed by atoms with Crippen molar-refractivity contribution in [2.45, 2.75) is 51.4 Å². The van der Waals surface area contributed by atoms with Crippen LogP contribution in [-0.4, -0.2) is 34.1 Å². The zero-order valence-electron chi connectivity index (χ0n) is 14.3. The third kappa shape index (κ3) is 10.1. The first-order valence-corrected chi connectivity index (χ1v) is 8.32. The summed E-state index contributed by atoms with van der Waals surface area (Å²) in [6, 6.07) is 5.95. The molecule has 8 heteroatoms. The van der Waals surface area contributed by atoms with Crippen LogP contribution in [-0.2, 0) is 19.2 Å². The molecule has 1 aromatic rings. The lowest BCUT2D eigenvalue weighted by Gasteiger charge is -2.06. The Hall–Kier alpha value is -2.90. The van der Waals surface area contributed by atoms with Gasteiger partial charge in [0.15, 0.2) is 0 Å². The lowest BCUT2D eigenvalue weighted by Crippen LogP contribution is -2.09. The molecule has 8 nitrogen and oxygen atoms in total. The summed E-state index contributed by atoms with van der Waals surface area (Å²) in [7, 11) is 0. The van der Waals surface area contributed by atoms with E-state index in [1.165, 1.54) is 24.3 Å². The van der Waals surface area contributed by atoms with Crippen molar-refractivity contribution in [3.63, 3.8) is 0 Å². The number of esters is 2. The van der Waals surface area contributed by atoms with Crippen molar-refractivity contribution in [2.24, 2.45) is 0 Å². The number of carboxylic acid groups (broad SMARTS) is 2. The molecule has 0 saturated heterocycles. The molecule has 0 fully saturated rings. The van der Waals surface area contributed by atoms with E-state index in [2.05, 4.69) is 0 Å². The summed E-state index contributed by atoms with van der Waals surface area (Å²) >= 11 is 0. The Balaban J connectivity index is 2.29. The van der Waals surface area contributed by atoms with E-state index in [0.29, 0.717) is 37.2 Å². The molecule has 0 aliphatic heterocycles. The fourth-order valence-corrected chi connectivity index (χ4v) is 2.03. The highest BCUT2D eigenvalue weighted by molar-refractivity contribution is 5.73. The monoisotopic (exact) mass is 366 g/mol. The second-order valence-electron chi connectivity index (χ2n) is 5.62. The average molecular weight is 366 g/mol. The fraction of sp³-hybridized carbons (Fsp3) is 0.444. The van der Waals surface area contributed by atoms with E-state index in [-0.39, 0.29) is 25.7 Å². The van der Waals surface area contributed by atoms with Crippen molar-refractivity contribution in [3.05, 3.63) is 24.3 Å². The predicted molar refractivity (Wildman–Crippen MR) is 89.9 cm³/mol. The number of unbranched alkanes of at least 4 members (excludes halogenated alkanes) is 2. The van der Waals surface area contributed by atoms with Crippen LogP contribution < -0.4 is 9.47 Å². The third-order valence-electron chi connectivity index (χ3n) is 3.33. The van der Waals surface area contributed by atoms with E-state index in [1.54, 1.807) is 0 Å². The molecule has 0 bridgehead atoms. The highest BCUT2D eigenvalue weighted by atomic mass is 16.5.